The minimum Gasteiger partial charge on any atom is -0.482 e. The van der Waals surface area contributed by atoms with E-state index < -0.39 is 16.6 Å². The second kappa shape index (κ2) is 8.56. The summed E-state index contributed by atoms with van der Waals surface area (Å²) in [4.78, 5) is 23.5. The molecule has 11 heteroatoms. The fourth-order valence-corrected chi connectivity index (χ4v) is 6.27. The van der Waals surface area contributed by atoms with Gasteiger partial charge in [0, 0.05) is 23.9 Å². The zero-order valence-electron chi connectivity index (χ0n) is 17.8. The summed E-state index contributed by atoms with van der Waals surface area (Å²) >= 11 is 0.947. The number of rotatable bonds is 6. The lowest BCUT2D eigenvalue weighted by atomic mass is 10.1. The highest BCUT2D eigenvalue weighted by atomic mass is 32.3. The standard InChI is InChI=1S/C22H22FN3O5S2/c1-2-30-20(27)10-31-14-4-3-13-7-8-26(17(13)9-14)22-15-11-33(28,29)12-16(15)24-21(25-22)18-5-6-19(23)32-18/h3-6,9,28-29H,2,7-8,10-12H2,1H3. The van der Waals surface area contributed by atoms with Gasteiger partial charge in [-0.15, -0.1) is 11.3 Å². The second-order valence-corrected chi connectivity index (χ2v) is 11.0. The molecule has 1 aromatic carbocycles. The topological polar surface area (TPSA) is 105 Å². The number of carbonyl (C=O) groups excluding carboxylic acids is 1. The SMILES string of the molecule is CCOC(=O)COc1ccc2c(c1)N(c1nc(-c3ccc(F)s3)nc3c1CS(O)(O)C3)CC2. The Hall–Kier alpha value is -2.73. The van der Waals surface area contributed by atoms with Gasteiger partial charge in [0.15, 0.2) is 17.6 Å². The molecular weight excluding hydrogens is 469 g/mol. The van der Waals surface area contributed by atoms with Gasteiger partial charge in [0.25, 0.3) is 0 Å². The lowest BCUT2D eigenvalue weighted by molar-refractivity contribution is -0.145. The number of hydrogen-bond acceptors (Lipinski definition) is 9. The fourth-order valence-electron chi connectivity index (χ4n) is 4.07. The molecule has 8 nitrogen and oxygen atoms in total. The van der Waals surface area contributed by atoms with Gasteiger partial charge in [0.05, 0.1) is 28.7 Å². The van der Waals surface area contributed by atoms with Crippen LogP contribution >= 0.6 is 21.9 Å². The van der Waals surface area contributed by atoms with Crippen LogP contribution < -0.4 is 9.64 Å². The molecule has 0 saturated carbocycles. The Labute approximate surface area is 195 Å². The first-order valence-corrected chi connectivity index (χ1v) is 13.1. The molecule has 0 saturated heterocycles. The molecule has 2 aliphatic heterocycles. The quantitative estimate of drug-likeness (QED) is 0.476. The van der Waals surface area contributed by atoms with E-state index in [9.17, 15) is 18.3 Å². The Bertz CT molecular complexity index is 1230. The van der Waals surface area contributed by atoms with Crippen molar-refractivity contribution in [1.29, 1.82) is 0 Å². The van der Waals surface area contributed by atoms with Crippen LogP contribution in [0.1, 0.15) is 23.7 Å². The Morgan fingerprint density at radius 1 is 1.24 bits per heavy atom. The summed E-state index contributed by atoms with van der Waals surface area (Å²) in [7, 11) is -2.84. The van der Waals surface area contributed by atoms with Gasteiger partial charge in [-0.25, -0.2) is 14.8 Å². The molecule has 5 rings (SSSR count). The van der Waals surface area contributed by atoms with Gasteiger partial charge in [-0.3, -0.25) is 9.11 Å². The van der Waals surface area contributed by atoms with E-state index in [0.29, 0.717) is 40.1 Å². The molecule has 0 spiro atoms. The number of hydrogen-bond donors (Lipinski definition) is 2. The third-order valence-electron chi connectivity index (χ3n) is 5.48. The van der Waals surface area contributed by atoms with Crippen LogP contribution in [0.15, 0.2) is 30.3 Å². The first kappa shape index (κ1) is 22.1. The molecule has 33 heavy (non-hydrogen) atoms. The highest BCUT2D eigenvalue weighted by Crippen LogP contribution is 2.55. The number of benzene rings is 1. The van der Waals surface area contributed by atoms with Gasteiger partial charge in [-0.1, -0.05) is 6.07 Å². The number of nitrogens with zero attached hydrogens (tertiary/aromatic N) is 3. The van der Waals surface area contributed by atoms with Crippen LogP contribution in [0.3, 0.4) is 0 Å². The number of fused-ring (bicyclic) bond motifs is 2. The monoisotopic (exact) mass is 491 g/mol. The van der Waals surface area contributed by atoms with Gasteiger partial charge >= 0.3 is 5.97 Å². The number of anilines is 2. The van der Waals surface area contributed by atoms with Crippen molar-refractivity contribution in [1.82, 2.24) is 9.97 Å². The molecule has 2 aliphatic rings. The average molecular weight is 492 g/mol. The van der Waals surface area contributed by atoms with E-state index in [-0.39, 0.29) is 29.9 Å². The van der Waals surface area contributed by atoms with Crippen molar-refractivity contribution in [2.45, 2.75) is 24.9 Å². The Morgan fingerprint density at radius 3 is 2.85 bits per heavy atom. The highest BCUT2D eigenvalue weighted by Gasteiger charge is 2.34. The molecular formula is C22H22FN3O5S2. The number of esters is 1. The fraction of sp³-hybridized carbons (Fsp3) is 0.318. The van der Waals surface area contributed by atoms with Crippen molar-refractivity contribution in [3.05, 3.63) is 52.3 Å². The van der Waals surface area contributed by atoms with Crippen LogP contribution in [-0.2, 0) is 27.5 Å². The molecule has 3 aromatic rings. The summed E-state index contributed by atoms with van der Waals surface area (Å²) in [6.45, 7) is 2.47. The van der Waals surface area contributed by atoms with Crippen molar-refractivity contribution in [3.8, 4) is 16.5 Å². The van der Waals surface area contributed by atoms with Crippen molar-refractivity contribution in [2.75, 3.05) is 24.7 Å². The lowest BCUT2D eigenvalue weighted by Gasteiger charge is -2.25. The minimum atomic E-state index is -2.84. The van der Waals surface area contributed by atoms with Crippen molar-refractivity contribution in [3.63, 3.8) is 0 Å². The normalized spacial score (nSPS) is 16.9. The molecule has 0 bridgehead atoms. The number of thiophene rings is 1. The second-order valence-electron chi connectivity index (χ2n) is 7.78. The van der Waals surface area contributed by atoms with Crippen LogP contribution in [0.25, 0.3) is 10.7 Å². The zero-order valence-corrected chi connectivity index (χ0v) is 19.4. The third-order valence-corrected chi connectivity index (χ3v) is 7.83. The number of ether oxygens (including phenoxy) is 2. The van der Waals surface area contributed by atoms with E-state index in [1.165, 1.54) is 6.07 Å². The van der Waals surface area contributed by atoms with E-state index in [4.69, 9.17) is 14.5 Å². The largest absolute Gasteiger partial charge is 0.482 e. The van der Waals surface area contributed by atoms with Crippen molar-refractivity contribution in [2.24, 2.45) is 0 Å². The minimum absolute atomic E-state index is 0.0576. The van der Waals surface area contributed by atoms with Crippen LogP contribution in [0.2, 0.25) is 0 Å². The highest BCUT2D eigenvalue weighted by molar-refractivity contribution is 8.23. The molecule has 2 aromatic heterocycles. The van der Waals surface area contributed by atoms with Gasteiger partial charge in [-0.05, 0) is 37.1 Å². The summed E-state index contributed by atoms with van der Waals surface area (Å²) in [6.07, 6.45) is 0.769. The first-order chi connectivity index (χ1) is 15.8. The predicted octanol–water partition coefficient (Wildman–Crippen LogP) is 4.74. The van der Waals surface area contributed by atoms with Gasteiger partial charge in [0.1, 0.15) is 11.6 Å². The Kier molecular flexibility index (Phi) is 5.73. The molecule has 4 heterocycles. The average Bonchev–Trinajstić information content (AvgIpc) is 3.46. The third kappa shape index (κ3) is 4.41. The summed E-state index contributed by atoms with van der Waals surface area (Å²) < 4.78 is 44.9. The summed E-state index contributed by atoms with van der Waals surface area (Å²) in [5.41, 5.74) is 3.22. The molecule has 0 amide bonds. The number of aromatic nitrogens is 2. The van der Waals surface area contributed by atoms with E-state index in [1.807, 2.05) is 23.1 Å². The number of carbonyl (C=O) groups is 1. The maximum absolute atomic E-state index is 13.7. The number of halogens is 1. The molecule has 0 aliphatic carbocycles. The summed E-state index contributed by atoms with van der Waals surface area (Å²) in [6, 6.07) is 8.58. The summed E-state index contributed by atoms with van der Waals surface area (Å²) in [5, 5.41) is -0.338. The maximum atomic E-state index is 13.7. The zero-order chi connectivity index (χ0) is 23.2. The van der Waals surface area contributed by atoms with Gasteiger partial charge < -0.3 is 14.4 Å². The van der Waals surface area contributed by atoms with Crippen molar-refractivity contribution < 1.29 is 27.8 Å². The maximum Gasteiger partial charge on any atom is 0.344 e. The van der Waals surface area contributed by atoms with Crippen LogP contribution in [0, 0.1) is 5.13 Å². The first-order valence-electron chi connectivity index (χ1n) is 10.4. The molecule has 0 fully saturated rings. The smallest absolute Gasteiger partial charge is 0.344 e. The lowest BCUT2D eigenvalue weighted by Crippen LogP contribution is -2.18. The molecule has 0 radical (unpaired) electrons. The van der Waals surface area contributed by atoms with Gasteiger partial charge in [0.2, 0.25) is 0 Å². The van der Waals surface area contributed by atoms with Crippen LogP contribution in [-0.4, -0.2) is 44.8 Å². The van der Waals surface area contributed by atoms with E-state index in [2.05, 4.69) is 4.98 Å². The molecule has 0 atom stereocenters. The molecule has 2 N–H and O–H groups in total. The van der Waals surface area contributed by atoms with E-state index in [1.54, 1.807) is 13.0 Å². The van der Waals surface area contributed by atoms with E-state index in [0.717, 1.165) is 29.0 Å². The predicted molar refractivity (Wildman–Crippen MR) is 125 cm³/mol. The van der Waals surface area contributed by atoms with Crippen molar-refractivity contribution >= 4 is 39.4 Å². The Balaban J connectivity index is 1.52. The van der Waals surface area contributed by atoms with E-state index >= 15 is 0 Å². The Morgan fingerprint density at radius 2 is 2.09 bits per heavy atom. The van der Waals surface area contributed by atoms with Crippen LogP contribution in [0.5, 0.6) is 5.75 Å². The molecule has 0 unspecified atom stereocenters. The van der Waals surface area contributed by atoms with Crippen LogP contribution in [0.4, 0.5) is 15.9 Å². The molecule has 174 valence electrons. The van der Waals surface area contributed by atoms with Gasteiger partial charge in [-0.2, -0.15) is 15.0 Å². The summed E-state index contributed by atoms with van der Waals surface area (Å²) in [5.74, 6) is 1.16.